The third kappa shape index (κ3) is 3.19. The van der Waals surface area contributed by atoms with Crippen molar-refractivity contribution in [1.29, 1.82) is 0 Å². The van der Waals surface area contributed by atoms with Gasteiger partial charge in [-0.15, -0.1) is 0 Å². The fourth-order valence-electron chi connectivity index (χ4n) is 1.59. The van der Waals surface area contributed by atoms with Crippen LogP contribution in [0.3, 0.4) is 0 Å². The normalized spacial score (nSPS) is 11.3. The van der Waals surface area contributed by atoms with Crippen LogP contribution in [0.2, 0.25) is 5.02 Å². The molecule has 0 bridgehead atoms. The van der Waals surface area contributed by atoms with Gasteiger partial charge >= 0.3 is 0 Å². The van der Waals surface area contributed by atoms with Gasteiger partial charge in [0.05, 0.1) is 27.0 Å². The lowest BCUT2D eigenvalue weighted by atomic mass is 10.2. The molecule has 19 heavy (non-hydrogen) atoms. The van der Waals surface area contributed by atoms with Gasteiger partial charge in [0.15, 0.2) is 9.84 Å². The van der Waals surface area contributed by atoms with E-state index in [0.29, 0.717) is 22.1 Å². The molecule has 0 unspecified atom stereocenters. The number of nitrogens with one attached hydrogen (secondary N) is 1. The Balaban J connectivity index is 2.36. The van der Waals surface area contributed by atoms with Crippen molar-refractivity contribution in [1.82, 2.24) is 0 Å². The van der Waals surface area contributed by atoms with Crippen molar-refractivity contribution >= 4 is 38.5 Å². The summed E-state index contributed by atoms with van der Waals surface area (Å²) in [6.07, 6.45) is 1.14. The number of anilines is 3. The van der Waals surface area contributed by atoms with E-state index >= 15 is 0 Å². The van der Waals surface area contributed by atoms with Crippen molar-refractivity contribution in [2.75, 3.05) is 17.3 Å². The lowest BCUT2D eigenvalue weighted by Gasteiger charge is -2.11. The Kier molecular flexibility index (Phi) is 3.68. The topological polar surface area (TPSA) is 72.2 Å². The lowest BCUT2D eigenvalue weighted by Crippen LogP contribution is -2.01. The number of sulfone groups is 1. The Morgan fingerprint density at radius 2 is 1.79 bits per heavy atom. The molecule has 2 aromatic carbocycles. The van der Waals surface area contributed by atoms with Crippen molar-refractivity contribution in [3.05, 3.63) is 47.5 Å². The zero-order valence-electron chi connectivity index (χ0n) is 10.2. The van der Waals surface area contributed by atoms with E-state index in [9.17, 15) is 8.42 Å². The molecule has 3 N–H and O–H groups in total. The standard InChI is InChI=1S/C13H13ClN2O2S/c1-19(17,18)9-6-7-13(11(15)8-9)16-12-5-3-2-4-10(12)14/h2-8,16H,15H2,1H3. The summed E-state index contributed by atoms with van der Waals surface area (Å²) >= 11 is 6.03. The quantitative estimate of drug-likeness (QED) is 0.854. The number of nitrogens with two attached hydrogens (primary N) is 1. The molecule has 0 amide bonds. The predicted octanol–water partition coefficient (Wildman–Crippen LogP) is 3.07. The maximum absolute atomic E-state index is 11.4. The Labute approximate surface area is 117 Å². The molecule has 0 radical (unpaired) electrons. The second-order valence-corrected chi connectivity index (χ2v) is 6.55. The minimum atomic E-state index is -3.26. The Morgan fingerprint density at radius 1 is 1.11 bits per heavy atom. The molecule has 0 aromatic heterocycles. The largest absolute Gasteiger partial charge is 0.397 e. The van der Waals surface area contributed by atoms with Gasteiger partial charge < -0.3 is 11.1 Å². The van der Waals surface area contributed by atoms with Gasteiger partial charge in [0, 0.05) is 6.26 Å². The maximum atomic E-state index is 11.4. The van der Waals surface area contributed by atoms with Gasteiger partial charge in [0.25, 0.3) is 0 Å². The number of benzene rings is 2. The zero-order valence-corrected chi connectivity index (χ0v) is 11.8. The smallest absolute Gasteiger partial charge is 0.175 e. The highest BCUT2D eigenvalue weighted by Gasteiger charge is 2.10. The van der Waals surface area contributed by atoms with Crippen LogP contribution in [-0.2, 0) is 9.84 Å². The SMILES string of the molecule is CS(=O)(=O)c1ccc(Nc2ccccc2Cl)c(N)c1. The van der Waals surface area contributed by atoms with Gasteiger partial charge in [-0.1, -0.05) is 23.7 Å². The van der Waals surface area contributed by atoms with Crippen LogP contribution in [0.15, 0.2) is 47.4 Å². The van der Waals surface area contributed by atoms with Crippen molar-refractivity contribution in [2.24, 2.45) is 0 Å². The van der Waals surface area contributed by atoms with E-state index in [0.717, 1.165) is 6.26 Å². The first kappa shape index (κ1) is 13.7. The summed E-state index contributed by atoms with van der Waals surface area (Å²) in [5, 5.41) is 3.63. The van der Waals surface area contributed by atoms with Crippen molar-refractivity contribution in [3.63, 3.8) is 0 Å². The summed E-state index contributed by atoms with van der Waals surface area (Å²) < 4.78 is 22.8. The Morgan fingerprint density at radius 3 is 2.37 bits per heavy atom. The molecule has 0 atom stereocenters. The molecule has 0 heterocycles. The summed E-state index contributed by atoms with van der Waals surface area (Å²) in [5.41, 5.74) is 7.52. The Bertz CT molecular complexity index is 714. The molecule has 4 nitrogen and oxygen atoms in total. The number of para-hydroxylation sites is 1. The molecular weight excluding hydrogens is 284 g/mol. The summed E-state index contributed by atoms with van der Waals surface area (Å²) in [4.78, 5) is 0.190. The van der Waals surface area contributed by atoms with Gasteiger partial charge in [0.2, 0.25) is 0 Å². The fourth-order valence-corrected chi connectivity index (χ4v) is 2.43. The molecule has 0 fully saturated rings. The Hall–Kier alpha value is -1.72. The molecule has 0 spiro atoms. The monoisotopic (exact) mass is 296 g/mol. The van der Waals surface area contributed by atoms with E-state index in [4.69, 9.17) is 17.3 Å². The molecule has 6 heteroatoms. The molecule has 0 aliphatic rings. The van der Waals surface area contributed by atoms with Crippen molar-refractivity contribution < 1.29 is 8.42 Å². The highest BCUT2D eigenvalue weighted by molar-refractivity contribution is 7.90. The van der Waals surface area contributed by atoms with Crippen LogP contribution in [0.5, 0.6) is 0 Å². The number of nitrogen functional groups attached to an aromatic ring is 1. The van der Waals surface area contributed by atoms with Crippen LogP contribution < -0.4 is 11.1 Å². The van der Waals surface area contributed by atoms with E-state index in [2.05, 4.69) is 5.32 Å². The van der Waals surface area contributed by atoms with E-state index in [1.807, 2.05) is 18.2 Å². The first-order valence-corrected chi connectivity index (χ1v) is 7.76. The first-order valence-electron chi connectivity index (χ1n) is 5.49. The van der Waals surface area contributed by atoms with Crippen LogP contribution in [0, 0.1) is 0 Å². The van der Waals surface area contributed by atoms with Crippen LogP contribution >= 0.6 is 11.6 Å². The predicted molar refractivity (Wildman–Crippen MR) is 78.7 cm³/mol. The molecule has 0 aliphatic heterocycles. The van der Waals surface area contributed by atoms with Crippen LogP contribution in [0.4, 0.5) is 17.1 Å². The van der Waals surface area contributed by atoms with Crippen molar-refractivity contribution in [2.45, 2.75) is 4.90 Å². The van der Waals surface area contributed by atoms with E-state index in [1.165, 1.54) is 12.1 Å². The molecule has 2 rings (SSSR count). The fraction of sp³-hybridized carbons (Fsp3) is 0.0769. The second-order valence-electron chi connectivity index (χ2n) is 4.13. The summed E-state index contributed by atoms with van der Waals surface area (Å²) in [6.45, 7) is 0. The third-order valence-corrected chi connectivity index (χ3v) is 4.03. The van der Waals surface area contributed by atoms with Gasteiger partial charge in [-0.2, -0.15) is 0 Å². The van der Waals surface area contributed by atoms with Crippen LogP contribution in [0.1, 0.15) is 0 Å². The third-order valence-electron chi connectivity index (χ3n) is 2.59. The van der Waals surface area contributed by atoms with Crippen LogP contribution in [-0.4, -0.2) is 14.7 Å². The van der Waals surface area contributed by atoms with Gasteiger partial charge in [-0.05, 0) is 30.3 Å². The average Bonchev–Trinajstić information content (AvgIpc) is 2.33. The summed E-state index contributed by atoms with van der Waals surface area (Å²) in [7, 11) is -3.26. The average molecular weight is 297 g/mol. The number of rotatable bonds is 3. The molecule has 0 aliphatic carbocycles. The highest BCUT2D eigenvalue weighted by Crippen LogP contribution is 2.29. The summed E-state index contributed by atoms with van der Waals surface area (Å²) in [5.74, 6) is 0. The first-order chi connectivity index (χ1) is 8.88. The number of hydrogen-bond donors (Lipinski definition) is 2. The molecule has 2 aromatic rings. The second kappa shape index (κ2) is 5.11. The van der Waals surface area contributed by atoms with E-state index < -0.39 is 9.84 Å². The van der Waals surface area contributed by atoms with Gasteiger partial charge in [-0.3, -0.25) is 0 Å². The highest BCUT2D eigenvalue weighted by atomic mass is 35.5. The summed E-state index contributed by atoms with van der Waals surface area (Å²) in [6, 6.07) is 11.8. The van der Waals surface area contributed by atoms with Gasteiger partial charge in [0.1, 0.15) is 0 Å². The van der Waals surface area contributed by atoms with Crippen molar-refractivity contribution in [3.8, 4) is 0 Å². The molecule has 0 saturated carbocycles. The minimum Gasteiger partial charge on any atom is -0.397 e. The number of halogens is 1. The van der Waals surface area contributed by atoms with Crippen LogP contribution in [0.25, 0.3) is 0 Å². The van der Waals surface area contributed by atoms with Gasteiger partial charge in [-0.25, -0.2) is 8.42 Å². The number of hydrogen-bond acceptors (Lipinski definition) is 4. The minimum absolute atomic E-state index is 0.190. The molecular formula is C13H13ClN2O2S. The zero-order chi connectivity index (χ0) is 14.0. The van der Waals surface area contributed by atoms with E-state index in [1.54, 1.807) is 12.1 Å². The molecule has 100 valence electrons. The maximum Gasteiger partial charge on any atom is 0.175 e. The molecule has 0 saturated heterocycles. The van der Waals surface area contributed by atoms with E-state index in [-0.39, 0.29) is 4.90 Å². The lowest BCUT2D eigenvalue weighted by molar-refractivity contribution is 0.602.